The fourth-order valence-corrected chi connectivity index (χ4v) is 2.71. The number of nitrogens with one attached hydrogen (secondary N) is 2. The Morgan fingerprint density at radius 1 is 1.27 bits per heavy atom. The Kier molecular flexibility index (Phi) is 5.57. The van der Waals surface area contributed by atoms with Gasteiger partial charge in [-0.3, -0.25) is 10.1 Å². The van der Waals surface area contributed by atoms with Gasteiger partial charge in [0.1, 0.15) is 5.01 Å². The van der Waals surface area contributed by atoms with Gasteiger partial charge in [-0.25, -0.2) is 0 Å². The zero-order valence-corrected chi connectivity index (χ0v) is 14.3. The van der Waals surface area contributed by atoms with Crippen LogP contribution in [0.1, 0.15) is 47.6 Å². The van der Waals surface area contributed by atoms with Crippen molar-refractivity contribution in [3.63, 3.8) is 0 Å². The Morgan fingerprint density at radius 3 is 2.50 bits per heavy atom. The molecule has 0 fully saturated rings. The molecule has 2 N–H and O–H groups in total. The first kappa shape index (κ1) is 16.5. The minimum Gasteiger partial charge on any atom is -0.307 e. The summed E-state index contributed by atoms with van der Waals surface area (Å²) in [5, 5.41) is 15.2. The van der Waals surface area contributed by atoms with Crippen LogP contribution < -0.4 is 10.6 Å². The molecule has 1 heterocycles. The van der Waals surface area contributed by atoms with Crippen LogP contribution in [0.4, 0.5) is 5.13 Å². The van der Waals surface area contributed by atoms with Crippen molar-refractivity contribution < 1.29 is 4.79 Å². The number of rotatable bonds is 4. The first-order valence-corrected chi connectivity index (χ1v) is 8.26. The summed E-state index contributed by atoms with van der Waals surface area (Å²) >= 11 is 6.54. The van der Waals surface area contributed by atoms with Crippen LogP contribution in [0.15, 0.2) is 24.3 Å². The van der Waals surface area contributed by atoms with E-state index in [0.29, 0.717) is 16.6 Å². The van der Waals surface area contributed by atoms with Crippen LogP contribution in [0, 0.1) is 0 Å². The van der Waals surface area contributed by atoms with Crippen molar-refractivity contribution in [1.29, 1.82) is 0 Å². The van der Waals surface area contributed by atoms with Crippen molar-refractivity contribution in [2.45, 2.75) is 33.1 Å². The molecular formula is C15H18N4OS2. The van der Waals surface area contributed by atoms with Gasteiger partial charge in [-0.2, -0.15) is 0 Å². The summed E-state index contributed by atoms with van der Waals surface area (Å²) in [4.78, 5) is 12.1. The highest BCUT2D eigenvalue weighted by Gasteiger charge is 2.10. The standard InChI is InChI=1S/C15H18N4OS2/c1-4-12-18-19-15(22-12)17-14(21)16-13(20)11-7-5-10(6-8-11)9(2)3/h5-9H,4H2,1-3H3,(H2,16,17,19,20,21). The first-order chi connectivity index (χ1) is 10.5. The highest BCUT2D eigenvalue weighted by molar-refractivity contribution is 7.80. The number of aryl methyl sites for hydroxylation is 1. The first-order valence-electron chi connectivity index (χ1n) is 7.04. The summed E-state index contributed by atoms with van der Waals surface area (Å²) in [6, 6.07) is 7.50. The Morgan fingerprint density at radius 2 is 1.95 bits per heavy atom. The largest absolute Gasteiger partial charge is 0.307 e. The highest BCUT2D eigenvalue weighted by atomic mass is 32.1. The van der Waals surface area contributed by atoms with Gasteiger partial charge in [-0.1, -0.05) is 44.2 Å². The van der Waals surface area contributed by atoms with Gasteiger partial charge in [0.25, 0.3) is 5.91 Å². The second kappa shape index (κ2) is 7.42. The maximum Gasteiger partial charge on any atom is 0.257 e. The molecule has 0 aliphatic heterocycles. The van der Waals surface area contributed by atoms with E-state index >= 15 is 0 Å². The van der Waals surface area contributed by atoms with Gasteiger partial charge in [-0.15, -0.1) is 10.2 Å². The molecule has 0 spiro atoms. The van der Waals surface area contributed by atoms with E-state index in [-0.39, 0.29) is 11.0 Å². The van der Waals surface area contributed by atoms with E-state index in [1.165, 1.54) is 16.9 Å². The third-order valence-corrected chi connectivity index (χ3v) is 4.24. The van der Waals surface area contributed by atoms with E-state index in [2.05, 4.69) is 34.7 Å². The fourth-order valence-electron chi connectivity index (χ4n) is 1.77. The van der Waals surface area contributed by atoms with Crippen LogP contribution in [0.2, 0.25) is 0 Å². The second-order valence-electron chi connectivity index (χ2n) is 5.04. The summed E-state index contributed by atoms with van der Waals surface area (Å²) in [7, 11) is 0. The predicted octanol–water partition coefficient (Wildman–Crippen LogP) is 3.35. The van der Waals surface area contributed by atoms with Crippen molar-refractivity contribution in [1.82, 2.24) is 15.5 Å². The molecule has 116 valence electrons. The second-order valence-corrected chi connectivity index (χ2v) is 6.51. The van der Waals surface area contributed by atoms with E-state index in [1.54, 1.807) is 12.1 Å². The molecule has 0 radical (unpaired) electrons. The molecule has 0 aliphatic carbocycles. The van der Waals surface area contributed by atoms with E-state index in [9.17, 15) is 4.79 Å². The molecule has 2 aromatic rings. The van der Waals surface area contributed by atoms with Crippen LogP contribution >= 0.6 is 23.6 Å². The Hall–Kier alpha value is -1.86. The normalized spacial score (nSPS) is 10.5. The zero-order chi connectivity index (χ0) is 16.1. The molecule has 0 saturated carbocycles. The maximum atomic E-state index is 12.1. The monoisotopic (exact) mass is 334 g/mol. The molecule has 22 heavy (non-hydrogen) atoms. The van der Waals surface area contributed by atoms with Crippen molar-refractivity contribution in [2.75, 3.05) is 5.32 Å². The molecule has 0 saturated heterocycles. The van der Waals surface area contributed by atoms with E-state index < -0.39 is 0 Å². The third-order valence-electron chi connectivity index (χ3n) is 3.06. The summed E-state index contributed by atoms with van der Waals surface area (Å²) in [5.74, 6) is 0.193. The van der Waals surface area contributed by atoms with Crippen molar-refractivity contribution in [3.8, 4) is 0 Å². The number of thiocarbonyl (C=S) groups is 1. The van der Waals surface area contributed by atoms with Gasteiger partial charge in [0.2, 0.25) is 5.13 Å². The molecule has 1 amide bonds. The minimum absolute atomic E-state index is 0.219. The molecule has 7 heteroatoms. The number of amides is 1. The Bertz CT molecular complexity index is 664. The molecule has 0 unspecified atom stereocenters. The lowest BCUT2D eigenvalue weighted by Crippen LogP contribution is -2.34. The van der Waals surface area contributed by atoms with Gasteiger partial charge in [0, 0.05) is 5.56 Å². The average molecular weight is 334 g/mol. The summed E-state index contributed by atoms with van der Waals surface area (Å²) < 4.78 is 0. The molecule has 0 aliphatic rings. The van der Waals surface area contributed by atoms with Gasteiger partial charge in [0.05, 0.1) is 0 Å². The average Bonchev–Trinajstić information content (AvgIpc) is 2.94. The molecular weight excluding hydrogens is 316 g/mol. The number of hydrogen-bond acceptors (Lipinski definition) is 5. The lowest BCUT2D eigenvalue weighted by atomic mass is 10.0. The summed E-state index contributed by atoms with van der Waals surface area (Å²) in [6.45, 7) is 6.23. The van der Waals surface area contributed by atoms with Gasteiger partial charge in [-0.05, 0) is 42.3 Å². The Labute approximate surface area is 139 Å². The number of carbonyl (C=O) groups is 1. The molecule has 0 bridgehead atoms. The van der Waals surface area contributed by atoms with Gasteiger partial charge < -0.3 is 5.32 Å². The van der Waals surface area contributed by atoms with Crippen LogP contribution in [0.25, 0.3) is 0 Å². The maximum absolute atomic E-state index is 12.1. The summed E-state index contributed by atoms with van der Waals surface area (Å²) in [5.41, 5.74) is 1.76. The summed E-state index contributed by atoms with van der Waals surface area (Å²) in [6.07, 6.45) is 0.820. The lowest BCUT2D eigenvalue weighted by Gasteiger charge is -2.08. The Balaban J connectivity index is 1.94. The van der Waals surface area contributed by atoms with Gasteiger partial charge in [0.15, 0.2) is 5.11 Å². The smallest absolute Gasteiger partial charge is 0.257 e. The van der Waals surface area contributed by atoms with Gasteiger partial charge >= 0.3 is 0 Å². The van der Waals surface area contributed by atoms with Crippen LogP contribution in [0.3, 0.4) is 0 Å². The van der Waals surface area contributed by atoms with E-state index in [1.807, 2.05) is 19.1 Å². The molecule has 0 atom stereocenters. The molecule has 2 rings (SSSR count). The molecule has 1 aromatic heterocycles. The minimum atomic E-state index is -0.243. The van der Waals surface area contributed by atoms with Crippen LogP contribution in [0.5, 0.6) is 0 Å². The SMILES string of the molecule is CCc1nnc(NC(=S)NC(=O)c2ccc(C(C)C)cc2)s1. The number of nitrogens with zero attached hydrogens (tertiary/aromatic N) is 2. The molecule has 1 aromatic carbocycles. The topological polar surface area (TPSA) is 66.9 Å². The predicted molar refractivity (Wildman–Crippen MR) is 93.5 cm³/mol. The number of anilines is 1. The number of hydrogen-bond donors (Lipinski definition) is 2. The van der Waals surface area contributed by atoms with Crippen molar-refractivity contribution >= 4 is 39.7 Å². The molecule has 5 nitrogen and oxygen atoms in total. The zero-order valence-electron chi connectivity index (χ0n) is 12.7. The third kappa shape index (κ3) is 4.32. The van der Waals surface area contributed by atoms with E-state index in [4.69, 9.17) is 12.2 Å². The van der Waals surface area contributed by atoms with E-state index in [0.717, 1.165) is 11.4 Å². The highest BCUT2D eigenvalue weighted by Crippen LogP contribution is 2.16. The van der Waals surface area contributed by atoms with Crippen molar-refractivity contribution in [3.05, 3.63) is 40.4 Å². The number of carbonyl (C=O) groups excluding carboxylic acids is 1. The quantitative estimate of drug-likeness (QED) is 0.839. The number of aromatic nitrogens is 2. The lowest BCUT2D eigenvalue weighted by molar-refractivity contribution is 0.0977. The van der Waals surface area contributed by atoms with Crippen LogP contribution in [-0.2, 0) is 6.42 Å². The van der Waals surface area contributed by atoms with Crippen LogP contribution in [-0.4, -0.2) is 21.2 Å². The fraction of sp³-hybridized carbons (Fsp3) is 0.333. The van der Waals surface area contributed by atoms with Crippen molar-refractivity contribution in [2.24, 2.45) is 0 Å². The number of benzene rings is 1.